The lowest BCUT2D eigenvalue weighted by Gasteiger charge is -2.17. The van der Waals surface area contributed by atoms with E-state index in [1.807, 2.05) is 37.3 Å². The molecule has 2 aromatic carbocycles. The first-order valence-corrected chi connectivity index (χ1v) is 7.00. The number of methoxy groups -OCH3 is 1. The van der Waals surface area contributed by atoms with Crippen LogP contribution in [0.2, 0.25) is 0 Å². The smallest absolute Gasteiger partial charge is 0.221 e. The molecule has 1 unspecified atom stereocenters. The highest BCUT2D eigenvalue weighted by atomic mass is 16.5. The molecule has 0 saturated carbocycles. The van der Waals surface area contributed by atoms with Crippen molar-refractivity contribution in [2.75, 3.05) is 17.7 Å². The Morgan fingerprint density at radius 1 is 1.18 bits per heavy atom. The molecule has 0 heterocycles. The van der Waals surface area contributed by atoms with Crippen LogP contribution < -0.4 is 15.4 Å². The topological polar surface area (TPSA) is 70.6 Å². The van der Waals surface area contributed by atoms with Gasteiger partial charge in [0.2, 0.25) is 5.91 Å². The third kappa shape index (κ3) is 3.91. The average molecular weight is 300 g/mol. The van der Waals surface area contributed by atoms with E-state index in [2.05, 4.69) is 10.6 Å². The second kappa shape index (κ2) is 6.85. The fourth-order valence-corrected chi connectivity index (χ4v) is 2.19. The van der Waals surface area contributed by atoms with Crippen molar-refractivity contribution in [3.63, 3.8) is 0 Å². The molecule has 0 aliphatic carbocycles. The van der Waals surface area contributed by atoms with Crippen molar-refractivity contribution < 1.29 is 14.6 Å². The zero-order valence-corrected chi connectivity index (χ0v) is 12.9. The van der Waals surface area contributed by atoms with Crippen LogP contribution >= 0.6 is 0 Å². The summed E-state index contributed by atoms with van der Waals surface area (Å²) in [5.41, 5.74) is 2.62. The van der Waals surface area contributed by atoms with E-state index >= 15 is 0 Å². The lowest BCUT2D eigenvalue weighted by molar-refractivity contribution is -0.114. The van der Waals surface area contributed by atoms with Crippen LogP contribution in [0.15, 0.2) is 42.5 Å². The lowest BCUT2D eigenvalue weighted by atomic mass is 10.1. The van der Waals surface area contributed by atoms with Crippen molar-refractivity contribution in [2.45, 2.75) is 19.9 Å². The van der Waals surface area contributed by atoms with Crippen molar-refractivity contribution in [1.29, 1.82) is 0 Å². The number of benzene rings is 2. The molecular weight excluding hydrogens is 280 g/mol. The van der Waals surface area contributed by atoms with Crippen molar-refractivity contribution in [2.24, 2.45) is 0 Å². The molecule has 5 nitrogen and oxygen atoms in total. The van der Waals surface area contributed by atoms with Gasteiger partial charge < -0.3 is 20.5 Å². The van der Waals surface area contributed by atoms with E-state index < -0.39 is 0 Å². The number of phenolic OH excluding ortho intramolecular Hbond substituents is 1. The molecule has 2 rings (SSSR count). The minimum atomic E-state index is -0.103. The van der Waals surface area contributed by atoms with Crippen LogP contribution in [0, 0.1) is 0 Å². The minimum absolute atomic E-state index is 0.0158. The van der Waals surface area contributed by atoms with E-state index in [1.54, 1.807) is 12.1 Å². The summed E-state index contributed by atoms with van der Waals surface area (Å²) in [4.78, 5) is 11.1. The van der Waals surface area contributed by atoms with Crippen molar-refractivity contribution >= 4 is 17.3 Å². The highest BCUT2D eigenvalue weighted by Crippen LogP contribution is 2.30. The first-order valence-electron chi connectivity index (χ1n) is 7.00. The van der Waals surface area contributed by atoms with E-state index in [0.717, 1.165) is 16.9 Å². The zero-order chi connectivity index (χ0) is 16.1. The van der Waals surface area contributed by atoms with Gasteiger partial charge >= 0.3 is 0 Å². The van der Waals surface area contributed by atoms with Gasteiger partial charge in [0.25, 0.3) is 0 Å². The van der Waals surface area contributed by atoms with Gasteiger partial charge in [-0.25, -0.2) is 0 Å². The predicted molar refractivity (Wildman–Crippen MR) is 87.4 cm³/mol. The monoisotopic (exact) mass is 300 g/mol. The highest BCUT2D eigenvalue weighted by molar-refractivity contribution is 5.89. The Hall–Kier alpha value is -2.69. The quantitative estimate of drug-likeness (QED) is 0.790. The second-order valence-corrected chi connectivity index (χ2v) is 5.06. The maximum absolute atomic E-state index is 11.1. The van der Waals surface area contributed by atoms with Crippen molar-refractivity contribution in [3.8, 4) is 11.5 Å². The molecule has 0 aliphatic rings. The van der Waals surface area contributed by atoms with Gasteiger partial charge in [-0.3, -0.25) is 4.79 Å². The van der Waals surface area contributed by atoms with E-state index in [-0.39, 0.29) is 17.7 Å². The summed E-state index contributed by atoms with van der Waals surface area (Å²) in [6.45, 7) is 3.49. The second-order valence-electron chi connectivity index (χ2n) is 5.06. The van der Waals surface area contributed by atoms with Gasteiger partial charge in [0.05, 0.1) is 7.11 Å². The number of nitrogens with one attached hydrogen (secondary N) is 2. The number of hydrogen-bond donors (Lipinski definition) is 3. The SMILES string of the molecule is COc1cc(C(C)Nc2cccc(NC(C)=O)c2)ccc1O. The standard InChI is InChI=1S/C17H20N2O3/c1-11(13-7-8-16(21)17(9-13)22-3)18-14-5-4-6-15(10-14)19-12(2)20/h4-11,18,21H,1-3H3,(H,19,20). The number of ether oxygens (including phenoxy) is 1. The molecule has 5 heteroatoms. The molecule has 1 amide bonds. The molecule has 0 saturated heterocycles. The molecular formula is C17H20N2O3. The van der Waals surface area contributed by atoms with E-state index in [1.165, 1.54) is 14.0 Å². The fourth-order valence-electron chi connectivity index (χ4n) is 2.19. The van der Waals surface area contributed by atoms with Crippen LogP contribution in [0.3, 0.4) is 0 Å². The Bertz CT molecular complexity index is 671. The van der Waals surface area contributed by atoms with E-state index in [4.69, 9.17) is 4.74 Å². The Morgan fingerprint density at radius 2 is 1.91 bits per heavy atom. The molecule has 0 bridgehead atoms. The molecule has 116 valence electrons. The van der Waals surface area contributed by atoms with Gasteiger partial charge in [0.15, 0.2) is 11.5 Å². The molecule has 2 aromatic rings. The summed E-state index contributed by atoms with van der Waals surface area (Å²) < 4.78 is 5.12. The third-order valence-corrected chi connectivity index (χ3v) is 3.27. The summed E-state index contributed by atoms with van der Waals surface area (Å²) in [7, 11) is 1.52. The number of rotatable bonds is 5. The number of carbonyl (C=O) groups excluding carboxylic acids is 1. The summed E-state index contributed by atoms with van der Waals surface area (Å²) in [6, 6.07) is 12.8. The highest BCUT2D eigenvalue weighted by Gasteiger charge is 2.09. The maximum Gasteiger partial charge on any atom is 0.221 e. The van der Waals surface area contributed by atoms with E-state index in [9.17, 15) is 9.90 Å². The summed E-state index contributed by atoms with van der Waals surface area (Å²) in [5.74, 6) is 0.456. The number of phenols is 1. The van der Waals surface area contributed by atoms with Gasteiger partial charge in [-0.1, -0.05) is 12.1 Å². The molecule has 0 aromatic heterocycles. The molecule has 1 atom stereocenters. The van der Waals surface area contributed by atoms with Crippen LogP contribution in [-0.4, -0.2) is 18.1 Å². The molecule has 22 heavy (non-hydrogen) atoms. The molecule has 0 radical (unpaired) electrons. The number of anilines is 2. The van der Waals surface area contributed by atoms with Crippen LogP contribution in [-0.2, 0) is 4.79 Å². The predicted octanol–water partition coefficient (Wildman–Crippen LogP) is 3.53. The van der Waals surface area contributed by atoms with Crippen molar-refractivity contribution in [3.05, 3.63) is 48.0 Å². The van der Waals surface area contributed by atoms with Gasteiger partial charge in [-0.2, -0.15) is 0 Å². The molecule has 0 aliphatic heterocycles. The molecule has 3 N–H and O–H groups in total. The van der Waals surface area contributed by atoms with Gasteiger partial charge in [-0.05, 0) is 42.8 Å². The van der Waals surface area contributed by atoms with Crippen LogP contribution in [0.4, 0.5) is 11.4 Å². The first-order chi connectivity index (χ1) is 10.5. The Kier molecular flexibility index (Phi) is 4.88. The largest absolute Gasteiger partial charge is 0.504 e. The molecule has 0 spiro atoms. The number of amides is 1. The maximum atomic E-state index is 11.1. The summed E-state index contributed by atoms with van der Waals surface area (Å²) in [5, 5.41) is 15.7. The first kappa shape index (κ1) is 15.7. The van der Waals surface area contributed by atoms with Crippen molar-refractivity contribution in [1.82, 2.24) is 0 Å². The Morgan fingerprint density at radius 3 is 2.59 bits per heavy atom. The van der Waals surface area contributed by atoms with Crippen LogP contribution in [0.25, 0.3) is 0 Å². The average Bonchev–Trinajstić information content (AvgIpc) is 2.47. The molecule has 0 fully saturated rings. The number of aromatic hydroxyl groups is 1. The van der Waals surface area contributed by atoms with Crippen LogP contribution in [0.1, 0.15) is 25.5 Å². The normalized spacial score (nSPS) is 11.6. The Labute approximate surface area is 129 Å². The van der Waals surface area contributed by atoms with Gasteiger partial charge in [0.1, 0.15) is 0 Å². The lowest BCUT2D eigenvalue weighted by Crippen LogP contribution is -2.08. The fraction of sp³-hybridized carbons (Fsp3) is 0.235. The zero-order valence-electron chi connectivity index (χ0n) is 12.9. The van der Waals surface area contributed by atoms with Crippen LogP contribution in [0.5, 0.6) is 11.5 Å². The van der Waals surface area contributed by atoms with Gasteiger partial charge in [0, 0.05) is 24.3 Å². The number of carbonyl (C=O) groups is 1. The number of hydrogen-bond acceptors (Lipinski definition) is 4. The summed E-state index contributed by atoms with van der Waals surface area (Å²) >= 11 is 0. The Balaban J connectivity index is 2.14. The minimum Gasteiger partial charge on any atom is -0.504 e. The summed E-state index contributed by atoms with van der Waals surface area (Å²) in [6.07, 6.45) is 0. The van der Waals surface area contributed by atoms with E-state index in [0.29, 0.717) is 5.75 Å². The van der Waals surface area contributed by atoms with Gasteiger partial charge in [-0.15, -0.1) is 0 Å². The third-order valence-electron chi connectivity index (χ3n) is 3.27.